The van der Waals surface area contributed by atoms with Crippen LogP contribution in [0.2, 0.25) is 0 Å². The Morgan fingerprint density at radius 1 is 1.12 bits per heavy atom. The Kier molecular flexibility index (Phi) is 6.42. The fourth-order valence-corrected chi connectivity index (χ4v) is 3.18. The van der Waals surface area contributed by atoms with E-state index in [2.05, 4.69) is 10.4 Å². The van der Waals surface area contributed by atoms with E-state index in [9.17, 15) is 17.6 Å². The van der Waals surface area contributed by atoms with Crippen molar-refractivity contribution in [2.75, 3.05) is 5.32 Å². The highest BCUT2D eigenvalue weighted by molar-refractivity contribution is 7.19. The molecule has 3 aromatic rings. The molecule has 0 saturated heterocycles. The summed E-state index contributed by atoms with van der Waals surface area (Å²) in [4.78, 5) is 0.650. The lowest BCUT2D eigenvalue weighted by atomic mass is 10.2. The minimum atomic E-state index is -4.47. The van der Waals surface area contributed by atoms with Crippen LogP contribution in [0.1, 0.15) is 25.1 Å². The van der Waals surface area contributed by atoms with Crippen LogP contribution in [0.5, 0.6) is 0 Å². The maximum absolute atomic E-state index is 13.6. The average molecular weight is 385 g/mol. The molecule has 0 saturated carbocycles. The molecule has 0 radical (unpaired) electrons. The van der Waals surface area contributed by atoms with Crippen LogP contribution in [0.4, 0.5) is 22.6 Å². The number of hydrogen-bond acceptors (Lipinski definition) is 3. The normalized spacial score (nSPS) is 11.0. The minimum Gasteiger partial charge on any atom is -0.373 e. The number of alkyl halides is 3. The van der Waals surface area contributed by atoms with E-state index in [0.29, 0.717) is 22.7 Å². The lowest BCUT2D eigenvalue weighted by molar-refractivity contribution is -0.141. The molecule has 26 heavy (non-hydrogen) atoms. The third-order valence-corrected chi connectivity index (χ3v) is 4.51. The maximum atomic E-state index is 13.6. The molecule has 1 N–H and O–H groups in total. The molecule has 0 fully saturated rings. The van der Waals surface area contributed by atoms with Gasteiger partial charge in [0.25, 0.3) is 0 Å². The van der Waals surface area contributed by atoms with Gasteiger partial charge in [-0.2, -0.15) is 18.3 Å². The number of rotatable bonds is 4. The van der Waals surface area contributed by atoms with E-state index >= 15 is 0 Å². The van der Waals surface area contributed by atoms with Gasteiger partial charge in [0.05, 0.1) is 15.6 Å². The van der Waals surface area contributed by atoms with Crippen molar-refractivity contribution < 1.29 is 17.6 Å². The van der Waals surface area contributed by atoms with Crippen molar-refractivity contribution in [3.05, 3.63) is 59.5 Å². The van der Waals surface area contributed by atoms with Gasteiger partial charge in [0.1, 0.15) is 5.82 Å². The summed E-state index contributed by atoms with van der Waals surface area (Å²) in [5, 5.41) is 7.32. The van der Waals surface area contributed by atoms with Crippen LogP contribution in [-0.4, -0.2) is 9.78 Å². The Morgan fingerprint density at radius 2 is 1.81 bits per heavy atom. The van der Waals surface area contributed by atoms with E-state index in [1.54, 1.807) is 30.3 Å². The summed E-state index contributed by atoms with van der Waals surface area (Å²) in [6, 6.07) is 10.9. The predicted octanol–water partition coefficient (Wildman–Crippen LogP) is 5.94. The number of hydrogen-bond donors (Lipinski definition) is 1. The van der Waals surface area contributed by atoms with E-state index in [4.69, 9.17) is 0 Å². The molecular formula is C18H19F4N3S. The first-order valence-corrected chi connectivity index (χ1v) is 8.85. The quantitative estimate of drug-likeness (QED) is 0.563. The van der Waals surface area contributed by atoms with Gasteiger partial charge in [-0.1, -0.05) is 32.0 Å². The van der Waals surface area contributed by atoms with Gasteiger partial charge in [-0.15, -0.1) is 11.3 Å². The number of aryl methyl sites for hydroxylation is 1. The van der Waals surface area contributed by atoms with Gasteiger partial charge >= 0.3 is 6.18 Å². The molecule has 0 unspecified atom stereocenters. The molecular weight excluding hydrogens is 366 g/mol. The second kappa shape index (κ2) is 8.35. The average Bonchev–Trinajstić information content (AvgIpc) is 3.22. The van der Waals surface area contributed by atoms with Gasteiger partial charge in [0.2, 0.25) is 0 Å². The van der Waals surface area contributed by atoms with Gasteiger partial charge in [0, 0.05) is 19.2 Å². The standard InChI is InChI=1S/C16H13F4N3S.C2H6/c1-23-12(8-14(22-23)16(18,19)20)13-6-7-15(24-13)21-9-10-4-2-3-5-11(10)17;1-2/h2-8,21H,9H2,1H3;1-2H3. The van der Waals surface area contributed by atoms with Crippen LogP contribution in [0.3, 0.4) is 0 Å². The van der Waals surface area contributed by atoms with E-state index in [1.807, 2.05) is 13.8 Å². The monoisotopic (exact) mass is 385 g/mol. The fourth-order valence-electron chi connectivity index (χ4n) is 2.23. The highest BCUT2D eigenvalue weighted by Crippen LogP contribution is 2.35. The number of benzene rings is 1. The predicted molar refractivity (Wildman–Crippen MR) is 96.6 cm³/mol. The molecule has 0 aliphatic rings. The van der Waals surface area contributed by atoms with E-state index in [1.165, 1.54) is 29.1 Å². The fraction of sp³-hybridized carbons (Fsp3) is 0.278. The van der Waals surface area contributed by atoms with Crippen molar-refractivity contribution >= 4 is 16.3 Å². The van der Waals surface area contributed by atoms with Gasteiger partial charge in [0.15, 0.2) is 5.69 Å². The van der Waals surface area contributed by atoms with Crippen LogP contribution < -0.4 is 5.32 Å². The van der Waals surface area contributed by atoms with Crippen molar-refractivity contribution in [2.45, 2.75) is 26.6 Å². The number of nitrogens with one attached hydrogen (secondary N) is 1. The van der Waals surface area contributed by atoms with Crippen LogP contribution in [0, 0.1) is 5.82 Å². The molecule has 3 rings (SSSR count). The Balaban J connectivity index is 0.00000117. The van der Waals surface area contributed by atoms with E-state index in [0.717, 1.165) is 11.1 Å². The third kappa shape index (κ3) is 4.63. The molecule has 2 heterocycles. The maximum Gasteiger partial charge on any atom is 0.435 e. The van der Waals surface area contributed by atoms with Crippen LogP contribution >= 0.6 is 11.3 Å². The van der Waals surface area contributed by atoms with Gasteiger partial charge in [-0.25, -0.2) is 4.39 Å². The molecule has 0 aliphatic heterocycles. The van der Waals surface area contributed by atoms with E-state index in [-0.39, 0.29) is 5.82 Å². The smallest absolute Gasteiger partial charge is 0.373 e. The Bertz CT molecular complexity index is 852. The zero-order chi connectivity index (χ0) is 19.3. The van der Waals surface area contributed by atoms with Crippen molar-refractivity contribution in [3.63, 3.8) is 0 Å². The highest BCUT2D eigenvalue weighted by atomic mass is 32.1. The first-order chi connectivity index (χ1) is 12.3. The summed E-state index contributed by atoms with van der Waals surface area (Å²) >= 11 is 1.29. The molecule has 8 heteroatoms. The molecule has 0 spiro atoms. The summed E-state index contributed by atoms with van der Waals surface area (Å²) in [5.41, 5.74) is -0.0205. The van der Waals surface area contributed by atoms with Crippen molar-refractivity contribution in [1.82, 2.24) is 9.78 Å². The van der Waals surface area contributed by atoms with Crippen LogP contribution in [0.15, 0.2) is 42.5 Å². The lowest BCUT2D eigenvalue weighted by Gasteiger charge is -2.04. The number of halogens is 4. The van der Waals surface area contributed by atoms with Crippen molar-refractivity contribution in [3.8, 4) is 10.6 Å². The summed E-state index contributed by atoms with van der Waals surface area (Å²) in [6.45, 7) is 4.30. The van der Waals surface area contributed by atoms with Gasteiger partial charge in [-0.05, 0) is 24.3 Å². The molecule has 3 nitrogen and oxygen atoms in total. The molecule has 0 amide bonds. The summed E-state index contributed by atoms with van der Waals surface area (Å²) < 4.78 is 53.0. The molecule has 0 bridgehead atoms. The molecule has 140 valence electrons. The summed E-state index contributed by atoms with van der Waals surface area (Å²) in [6.07, 6.45) is -4.47. The zero-order valence-corrected chi connectivity index (χ0v) is 15.4. The van der Waals surface area contributed by atoms with Gasteiger partial charge < -0.3 is 5.32 Å². The Morgan fingerprint density at radius 3 is 2.42 bits per heavy atom. The summed E-state index contributed by atoms with van der Waals surface area (Å²) in [5.74, 6) is -0.303. The molecule has 1 aromatic carbocycles. The topological polar surface area (TPSA) is 29.9 Å². The molecule has 2 aromatic heterocycles. The largest absolute Gasteiger partial charge is 0.435 e. The Hall–Kier alpha value is -2.35. The summed E-state index contributed by atoms with van der Waals surface area (Å²) in [7, 11) is 1.47. The SMILES string of the molecule is CC.Cn1nc(C(F)(F)F)cc1-c1ccc(NCc2ccccc2F)s1. The zero-order valence-electron chi connectivity index (χ0n) is 14.6. The van der Waals surface area contributed by atoms with Crippen molar-refractivity contribution in [1.29, 1.82) is 0 Å². The van der Waals surface area contributed by atoms with Crippen molar-refractivity contribution in [2.24, 2.45) is 7.05 Å². The second-order valence-electron chi connectivity index (χ2n) is 5.15. The van der Waals surface area contributed by atoms with Crippen LogP contribution in [0.25, 0.3) is 10.6 Å². The number of aromatic nitrogens is 2. The van der Waals surface area contributed by atoms with Gasteiger partial charge in [-0.3, -0.25) is 4.68 Å². The molecule has 0 aliphatic carbocycles. The minimum absolute atomic E-state index is 0.297. The number of anilines is 1. The first kappa shape index (κ1) is 20.0. The Labute approximate surface area is 153 Å². The second-order valence-corrected chi connectivity index (χ2v) is 6.23. The number of nitrogens with zero attached hydrogens (tertiary/aromatic N) is 2. The lowest BCUT2D eigenvalue weighted by Crippen LogP contribution is -2.06. The van der Waals surface area contributed by atoms with E-state index < -0.39 is 11.9 Å². The number of thiophene rings is 1. The third-order valence-electron chi connectivity index (χ3n) is 3.44. The first-order valence-electron chi connectivity index (χ1n) is 8.03. The molecule has 0 atom stereocenters. The highest BCUT2D eigenvalue weighted by Gasteiger charge is 2.34. The van der Waals surface area contributed by atoms with Crippen LogP contribution in [-0.2, 0) is 19.8 Å².